The van der Waals surface area contributed by atoms with Crippen LogP contribution in [0.15, 0.2) is 18.2 Å². The minimum absolute atomic E-state index is 0.153. The van der Waals surface area contributed by atoms with Crippen LogP contribution in [0.2, 0.25) is 0 Å². The molecule has 152 valence electrons. The second-order valence-electron chi connectivity index (χ2n) is 8.04. The fraction of sp³-hybridized carbons (Fsp3) is 0.591. The fourth-order valence-corrected chi connectivity index (χ4v) is 4.41. The van der Waals surface area contributed by atoms with Crippen LogP contribution >= 0.6 is 0 Å². The van der Waals surface area contributed by atoms with E-state index in [-0.39, 0.29) is 11.7 Å². The number of aromatic nitrogens is 1. The molecule has 1 aromatic carbocycles. The predicted molar refractivity (Wildman–Crippen MR) is 108 cm³/mol. The van der Waals surface area contributed by atoms with Crippen LogP contribution in [0.4, 0.5) is 4.39 Å². The van der Waals surface area contributed by atoms with Gasteiger partial charge in [-0.1, -0.05) is 13.3 Å². The molecule has 0 unspecified atom stereocenters. The summed E-state index contributed by atoms with van der Waals surface area (Å²) in [6.07, 6.45) is 5.61. The van der Waals surface area contributed by atoms with Gasteiger partial charge < -0.3 is 19.5 Å². The lowest BCUT2D eigenvalue weighted by Gasteiger charge is -2.31. The smallest absolute Gasteiger partial charge is 0.257 e. The molecule has 1 saturated heterocycles. The number of unbranched alkanes of at least 4 members (excludes halogenated alkanes) is 1. The van der Waals surface area contributed by atoms with Gasteiger partial charge in [0.2, 0.25) is 5.88 Å². The number of ether oxygens (including phenoxy) is 1. The van der Waals surface area contributed by atoms with Crippen LogP contribution in [-0.2, 0) is 6.54 Å². The molecule has 1 aromatic heterocycles. The Morgan fingerprint density at radius 1 is 1.29 bits per heavy atom. The van der Waals surface area contributed by atoms with Gasteiger partial charge in [-0.15, -0.1) is 0 Å². The largest absolute Gasteiger partial charge is 0.478 e. The first-order chi connectivity index (χ1) is 13.7. The maximum atomic E-state index is 13.9. The molecule has 2 aromatic rings. The molecule has 6 heteroatoms. The third kappa shape index (κ3) is 3.88. The number of carbonyl (C=O) groups is 1. The molecule has 1 amide bonds. The van der Waals surface area contributed by atoms with Crippen LogP contribution < -0.4 is 10.1 Å². The number of rotatable bonds is 6. The van der Waals surface area contributed by atoms with Crippen molar-refractivity contribution in [3.8, 4) is 5.88 Å². The van der Waals surface area contributed by atoms with Crippen LogP contribution in [0.5, 0.6) is 5.88 Å². The van der Waals surface area contributed by atoms with Gasteiger partial charge in [-0.2, -0.15) is 0 Å². The first kappa shape index (κ1) is 19.2. The van der Waals surface area contributed by atoms with E-state index in [1.807, 2.05) is 4.57 Å². The summed E-state index contributed by atoms with van der Waals surface area (Å²) < 4.78 is 21.7. The van der Waals surface area contributed by atoms with Gasteiger partial charge in [-0.25, -0.2) is 4.39 Å². The summed E-state index contributed by atoms with van der Waals surface area (Å²) in [5.74, 6) is 0.603. The number of aryl methyl sites for hydroxylation is 1. The zero-order chi connectivity index (χ0) is 19.5. The minimum atomic E-state index is -0.330. The first-order valence-corrected chi connectivity index (χ1v) is 10.6. The van der Waals surface area contributed by atoms with E-state index in [1.165, 1.54) is 31.5 Å². The van der Waals surface area contributed by atoms with Crippen molar-refractivity contribution in [2.45, 2.75) is 45.6 Å². The lowest BCUT2D eigenvalue weighted by atomic mass is 9.96. The summed E-state index contributed by atoms with van der Waals surface area (Å²) in [6, 6.07) is 4.63. The zero-order valence-corrected chi connectivity index (χ0v) is 16.7. The molecule has 28 heavy (non-hydrogen) atoms. The summed E-state index contributed by atoms with van der Waals surface area (Å²) in [7, 11) is 0. The van der Waals surface area contributed by atoms with E-state index >= 15 is 0 Å². The quantitative estimate of drug-likeness (QED) is 0.820. The molecule has 3 heterocycles. The summed E-state index contributed by atoms with van der Waals surface area (Å²) in [6.45, 7) is 7.68. The molecular weight excluding hydrogens is 357 g/mol. The number of nitrogens with zero attached hydrogens (tertiary/aromatic N) is 2. The van der Waals surface area contributed by atoms with Gasteiger partial charge in [0.15, 0.2) is 0 Å². The molecule has 0 saturated carbocycles. The lowest BCUT2D eigenvalue weighted by Crippen LogP contribution is -2.39. The minimum Gasteiger partial charge on any atom is -0.478 e. The van der Waals surface area contributed by atoms with Crippen LogP contribution in [0, 0.1) is 11.7 Å². The number of likely N-dealkylation sites (tertiary alicyclic amines) is 1. The molecule has 0 aliphatic carbocycles. The van der Waals surface area contributed by atoms with E-state index in [2.05, 4.69) is 17.1 Å². The fourth-order valence-electron chi connectivity index (χ4n) is 4.41. The van der Waals surface area contributed by atoms with E-state index in [4.69, 9.17) is 4.74 Å². The van der Waals surface area contributed by atoms with Crippen molar-refractivity contribution >= 4 is 16.8 Å². The number of nitrogens with one attached hydrogen (secondary N) is 1. The normalized spacial score (nSPS) is 18.1. The van der Waals surface area contributed by atoms with E-state index in [9.17, 15) is 9.18 Å². The second-order valence-corrected chi connectivity index (χ2v) is 8.04. The Kier molecular flexibility index (Phi) is 5.85. The highest BCUT2D eigenvalue weighted by molar-refractivity contribution is 6.09. The van der Waals surface area contributed by atoms with Crippen molar-refractivity contribution in [2.24, 2.45) is 5.92 Å². The third-order valence-corrected chi connectivity index (χ3v) is 6.06. The molecule has 4 rings (SSSR count). The Balaban J connectivity index is 1.44. The molecule has 0 radical (unpaired) electrons. The number of halogens is 1. The van der Waals surface area contributed by atoms with Crippen LogP contribution in [0.3, 0.4) is 0 Å². The zero-order valence-electron chi connectivity index (χ0n) is 16.7. The highest BCUT2D eigenvalue weighted by Crippen LogP contribution is 2.35. The number of hydrogen-bond acceptors (Lipinski definition) is 3. The Morgan fingerprint density at radius 2 is 2.11 bits per heavy atom. The summed E-state index contributed by atoms with van der Waals surface area (Å²) in [5, 5.41) is 3.74. The van der Waals surface area contributed by atoms with Gasteiger partial charge in [0, 0.05) is 18.5 Å². The summed E-state index contributed by atoms with van der Waals surface area (Å²) >= 11 is 0. The monoisotopic (exact) mass is 387 g/mol. The van der Waals surface area contributed by atoms with Gasteiger partial charge in [0.25, 0.3) is 5.91 Å². The van der Waals surface area contributed by atoms with Crippen LogP contribution in [0.25, 0.3) is 10.9 Å². The van der Waals surface area contributed by atoms with Crippen molar-refractivity contribution in [3.63, 3.8) is 0 Å². The van der Waals surface area contributed by atoms with Crippen molar-refractivity contribution in [1.82, 2.24) is 14.8 Å². The molecular formula is C22H30FN3O2. The van der Waals surface area contributed by atoms with E-state index in [0.717, 1.165) is 44.4 Å². The number of benzene rings is 1. The van der Waals surface area contributed by atoms with E-state index in [0.29, 0.717) is 35.9 Å². The highest BCUT2D eigenvalue weighted by Gasteiger charge is 2.27. The standard InChI is InChI=1S/C22H30FN3O2/c1-2-3-9-25-11-7-16(8-12-25)15-24-21(27)20-18-14-17(23)5-6-19(18)26-10-4-13-28-22(20)26/h5-6,14,16H,2-4,7-13,15H2,1H3,(H,24,27). The molecule has 2 aliphatic heterocycles. The number of hydrogen-bond donors (Lipinski definition) is 1. The molecule has 1 fully saturated rings. The SMILES string of the molecule is CCCCN1CCC(CNC(=O)c2c3n(c4ccc(F)cc24)CCCO3)CC1. The van der Waals surface area contributed by atoms with Crippen molar-refractivity contribution in [3.05, 3.63) is 29.6 Å². The molecule has 5 nitrogen and oxygen atoms in total. The molecule has 0 atom stereocenters. The molecule has 1 N–H and O–H groups in total. The van der Waals surface area contributed by atoms with Crippen LogP contribution in [-0.4, -0.2) is 48.2 Å². The third-order valence-electron chi connectivity index (χ3n) is 6.06. The number of amides is 1. The van der Waals surface area contributed by atoms with E-state index < -0.39 is 0 Å². The van der Waals surface area contributed by atoms with Gasteiger partial charge in [-0.05, 0) is 69.4 Å². The maximum absolute atomic E-state index is 13.9. The van der Waals surface area contributed by atoms with Crippen molar-refractivity contribution in [2.75, 3.05) is 32.8 Å². The van der Waals surface area contributed by atoms with Crippen LogP contribution in [0.1, 0.15) is 49.4 Å². The van der Waals surface area contributed by atoms with E-state index in [1.54, 1.807) is 6.07 Å². The maximum Gasteiger partial charge on any atom is 0.257 e. The van der Waals surface area contributed by atoms with Crippen molar-refractivity contribution in [1.29, 1.82) is 0 Å². The number of fused-ring (bicyclic) bond motifs is 3. The molecule has 0 spiro atoms. The summed E-state index contributed by atoms with van der Waals surface area (Å²) in [4.78, 5) is 15.5. The number of piperidine rings is 1. The molecule has 0 bridgehead atoms. The molecule has 2 aliphatic rings. The van der Waals surface area contributed by atoms with Gasteiger partial charge >= 0.3 is 0 Å². The second kappa shape index (κ2) is 8.52. The van der Waals surface area contributed by atoms with Crippen molar-refractivity contribution < 1.29 is 13.9 Å². The average Bonchev–Trinajstić information content (AvgIpc) is 3.04. The predicted octanol–water partition coefficient (Wildman–Crippen LogP) is 3.80. The number of carbonyl (C=O) groups excluding carboxylic acids is 1. The Bertz CT molecular complexity index is 840. The highest BCUT2D eigenvalue weighted by atomic mass is 19.1. The Hall–Kier alpha value is -2.08. The summed E-state index contributed by atoms with van der Waals surface area (Å²) in [5.41, 5.74) is 1.35. The van der Waals surface area contributed by atoms with Gasteiger partial charge in [-0.3, -0.25) is 4.79 Å². The topological polar surface area (TPSA) is 46.5 Å². The Morgan fingerprint density at radius 3 is 2.89 bits per heavy atom. The average molecular weight is 387 g/mol. The Labute approximate surface area is 165 Å². The lowest BCUT2D eigenvalue weighted by molar-refractivity contribution is 0.0931. The van der Waals surface area contributed by atoms with Gasteiger partial charge in [0.1, 0.15) is 11.4 Å². The van der Waals surface area contributed by atoms with Gasteiger partial charge in [0.05, 0.1) is 12.1 Å². The first-order valence-electron chi connectivity index (χ1n) is 10.6.